The number of nitrogens with zero attached hydrogens (tertiary/aromatic N) is 1. The summed E-state index contributed by atoms with van der Waals surface area (Å²) in [4.78, 5) is 36.7. The Morgan fingerprint density at radius 1 is 1.27 bits per heavy atom. The van der Waals surface area contributed by atoms with Crippen LogP contribution in [0.15, 0.2) is 24.3 Å². The van der Waals surface area contributed by atoms with Crippen molar-refractivity contribution < 1.29 is 32.3 Å². The average molecular weight is 374 g/mol. The molecule has 0 fully saturated rings. The Kier molecular flexibility index (Phi) is 5.90. The first-order valence-corrected chi connectivity index (χ1v) is 7.56. The summed E-state index contributed by atoms with van der Waals surface area (Å²) in [7, 11) is 1.44. The van der Waals surface area contributed by atoms with Crippen molar-refractivity contribution in [3.05, 3.63) is 24.3 Å². The summed E-state index contributed by atoms with van der Waals surface area (Å²) in [6.07, 6.45) is -5.45. The van der Waals surface area contributed by atoms with Gasteiger partial charge in [-0.3, -0.25) is 14.9 Å². The third kappa shape index (κ3) is 5.26. The number of rotatable bonds is 4. The van der Waals surface area contributed by atoms with Crippen molar-refractivity contribution in [3.63, 3.8) is 0 Å². The highest BCUT2D eigenvalue weighted by Crippen LogP contribution is 2.32. The summed E-state index contributed by atoms with van der Waals surface area (Å²) in [5, 5.41) is 5.80. The van der Waals surface area contributed by atoms with Crippen LogP contribution in [0.25, 0.3) is 0 Å². The number of hydrogen-bond donors (Lipinski definition) is 3. The van der Waals surface area contributed by atoms with Gasteiger partial charge in [0.15, 0.2) is 6.10 Å². The molecule has 3 N–H and O–H groups in total. The van der Waals surface area contributed by atoms with Gasteiger partial charge in [-0.05, 0) is 12.1 Å². The Bertz CT molecular complexity index is 696. The van der Waals surface area contributed by atoms with E-state index in [-0.39, 0.29) is 13.1 Å². The van der Waals surface area contributed by atoms with Crippen LogP contribution in [0.2, 0.25) is 0 Å². The Labute approximate surface area is 146 Å². The van der Waals surface area contributed by atoms with Gasteiger partial charge in [0.05, 0.1) is 18.8 Å². The standard InChI is InChI=1S/C15H17F3N4O4/c1-19-13(24)11-6-22(9-4-2-3-5-10(9)26-11)7-12(23)21-14(25)20-8-15(16,17)18/h2-5,11H,6-8H2,1H3,(H,19,24)(H2,20,21,23,25). The maximum Gasteiger partial charge on any atom is 0.405 e. The van der Waals surface area contributed by atoms with Crippen molar-refractivity contribution in [2.75, 3.05) is 31.6 Å². The zero-order valence-electron chi connectivity index (χ0n) is 13.7. The van der Waals surface area contributed by atoms with Gasteiger partial charge < -0.3 is 20.3 Å². The molecule has 4 amide bonds. The smallest absolute Gasteiger partial charge is 0.405 e. The van der Waals surface area contributed by atoms with E-state index in [1.807, 2.05) is 5.32 Å². The summed E-state index contributed by atoms with van der Waals surface area (Å²) < 4.78 is 41.7. The molecule has 1 aromatic rings. The second-order valence-corrected chi connectivity index (χ2v) is 5.42. The van der Waals surface area contributed by atoms with E-state index in [1.165, 1.54) is 11.9 Å². The second-order valence-electron chi connectivity index (χ2n) is 5.42. The molecule has 0 saturated carbocycles. The van der Waals surface area contributed by atoms with E-state index >= 15 is 0 Å². The molecule has 0 bridgehead atoms. The van der Waals surface area contributed by atoms with Crippen LogP contribution in [0.4, 0.5) is 23.7 Å². The van der Waals surface area contributed by atoms with Crippen molar-refractivity contribution in [3.8, 4) is 5.75 Å². The minimum absolute atomic E-state index is 0.0360. The molecule has 11 heteroatoms. The van der Waals surface area contributed by atoms with Gasteiger partial charge in [0.25, 0.3) is 5.91 Å². The molecule has 1 atom stereocenters. The number of amides is 4. The van der Waals surface area contributed by atoms with E-state index in [4.69, 9.17) is 4.74 Å². The Balaban J connectivity index is 2.01. The lowest BCUT2D eigenvalue weighted by molar-refractivity contribution is -0.127. The molecule has 1 heterocycles. The van der Waals surface area contributed by atoms with E-state index in [2.05, 4.69) is 5.32 Å². The minimum atomic E-state index is -4.58. The predicted molar refractivity (Wildman–Crippen MR) is 84.7 cm³/mol. The molecule has 26 heavy (non-hydrogen) atoms. The number of nitrogens with one attached hydrogen (secondary N) is 3. The number of likely N-dealkylation sites (N-methyl/N-ethyl adjacent to an activating group) is 1. The molecule has 1 aliphatic heterocycles. The number of para-hydroxylation sites is 2. The molecule has 1 aliphatic rings. The van der Waals surface area contributed by atoms with Gasteiger partial charge in [0.2, 0.25) is 5.91 Å². The van der Waals surface area contributed by atoms with Crippen LogP contribution in [-0.2, 0) is 9.59 Å². The van der Waals surface area contributed by atoms with Gasteiger partial charge in [-0.2, -0.15) is 13.2 Å². The summed E-state index contributed by atoms with van der Waals surface area (Å²) in [5.74, 6) is -0.841. The largest absolute Gasteiger partial charge is 0.477 e. The topological polar surface area (TPSA) is 99.8 Å². The summed E-state index contributed by atoms with van der Waals surface area (Å²) >= 11 is 0. The number of anilines is 1. The molecule has 2 rings (SSSR count). The number of imide groups is 1. The first-order chi connectivity index (χ1) is 12.2. The molecule has 0 radical (unpaired) electrons. The fourth-order valence-corrected chi connectivity index (χ4v) is 2.32. The second kappa shape index (κ2) is 7.93. The Hall–Kier alpha value is -2.98. The molecule has 0 aliphatic carbocycles. The zero-order chi connectivity index (χ0) is 19.3. The fourth-order valence-electron chi connectivity index (χ4n) is 2.32. The zero-order valence-corrected chi connectivity index (χ0v) is 13.7. The van der Waals surface area contributed by atoms with Crippen LogP contribution in [0, 0.1) is 0 Å². The van der Waals surface area contributed by atoms with Crippen molar-refractivity contribution in [1.29, 1.82) is 0 Å². The van der Waals surface area contributed by atoms with Gasteiger partial charge in [-0.25, -0.2) is 4.79 Å². The summed E-state index contributed by atoms with van der Waals surface area (Å²) in [5.41, 5.74) is 0.526. The maximum atomic E-state index is 12.1. The van der Waals surface area contributed by atoms with Crippen LogP contribution in [-0.4, -0.2) is 56.8 Å². The maximum absolute atomic E-state index is 12.1. The first-order valence-electron chi connectivity index (χ1n) is 7.56. The van der Waals surface area contributed by atoms with E-state index in [9.17, 15) is 27.6 Å². The minimum Gasteiger partial charge on any atom is -0.477 e. The van der Waals surface area contributed by atoms with Crippen LogP contribution in [0.5, 0.6) is 5.75 Å². The Morgan fingerprint density at radius 3 is 2.62 bits per heavy atom. The number of ether oxygens (including phenoxy) is 1. The van der Waals surface area contributed by atoms with Gasteiger partial charge in [0, 0.05) is 7.05 Å². The quantitative estimate of drug-likeness (QED) is 0.708. The average Bonchev–Trinajstić information content (AvgIpc) is 2.58. The van der Waals surface area contributed by atoms with Crippen molar-refractivity contribution in [2.45, 2.75) is 12.3 Å². The van der Waals surface area contributed by atoms with Crippen LogP contribution < -0.4 is 25.6 Å². The van der Waals surface area contributed by atoms with E-state index in [0.29, 0.717) is 11.4 Å². The number of carbonyl (C=O) groups is 3. The molecular formula is C15H17F3N4O4. The first kappa shape index (κ1) is 19.3. The monoisotopic (exact) mass is 374 g/mol. The number of benzene rings is 1. The third-order valence-corrected chi connectivity index (χ3v) is 3.44. The molecule has 0 spiro atoms. The molecule has 142 valence electrons. The van der Waals surface area contributed by atoms with Gasteiger partial charge in [-0.1, -0.05) is 12.1 Å². The fraction of sp³-hybridized carbons (Fsp3) is 0.400. The predicted octanol–water partition coefficient (Wildman–Crippen LogP) is 0.388. The van der Waals surface area contributed by atoms with E-state index in [1.54, 1.807) is 29.6 Å². The normalized spacial score (nSPS) is 16.2. The lowest BCUT2D eigenvalue weighted by atomic mass is 10.1. The van der Waals surface area contributed by atoms with Gasteiger partial charge in [0.1, 0.15) is 12.3 Å². The lowest BCUT2D eigenvalue weighted by Gasteiger charge is -2.34. The number of halogens is 3. The highest BCUT2D eigenvalue weighted by Gasteiger charge is 2.32. The third-order valence-electron chi connectivity index (χ3n) is 3.44. The van der Waals surface area contributed by atoms with Crippen molar-refractivity contribution in [1.82, 2.24) is 16.0 Å². The van der Waals surface area contributed by atoms with Crippen LogP contribution in [0.1, 0.15) is 0 Å². The van der Waals surface area contributed by atoms with Crippen molar-refractivity contribution >= 4 is 23.5 Å². The van der Waals surface area contributed by atoms with Crippen LogP contribution >= 0.6 is 0 Å². The van der Waals surface area contributed by atoms with Crippen molar-refractivity contribution in [2.24, 2.45) is 0 Å². The molecule has 8 nitrogen and oxygen atoms in total. The number of carbonyl (C=O) groups excluding carboxylic acids is 3. The van der Waals surface area contributed by atoms with Gasteiger partial charge >= 0.3 is 12.2 Å². The Morgan fingerprint density at radius 2 is 1.96 bits per heavy atom. The number of fused-ring (bicyclic) bond motifs is 1. The number of urea groups is 1. The SMILES string of the molecule is CNC(=O)C1CN(CC(=O)NC(=O)NCC(F)(F)F)c2ccccc2O1. The number of alkyl halides is 3. The van der Waals surface area contributed by atoms with E-state index in [0.717, 1.165) is 0 Å². The van der Waals surface area contributed by atoms with E-state index < -0.39 is 36.7 Å². The molecule has 0 aromatic heterocycles. The molecule has 1 unspecified atom stereocenters. The summed E-state index contributed by atoms with van der Waals surface area (Å²) in [6, 6.07) is 5.41. The lowest BCUT2D eigenvalue weighted by Crippen LogP contribution is -2.52. The highest BCUT2D eigenvalue weighted by molar-refractivity contribution is 5.97. The highest BCUT2D eigenvalue weighted by atomic mass is 19.4. The molecule has 1 aromatic carbocycles. The van der Waals surface area contributed by atoms with Crippen LogP contribution in [0.3, 0.4) is 0 Å². The number of hydrogen-bond acceptors (Lipinski definition) is 5. The molecular weight excluding hydrogens is 357 g/mol. The molecule has 0 saturated heterocycles. The summed E-state index contributed by atoms with van der Waals surface area (Å²) in [6.45, 7) is -1.85. The van der Waals surface area contributed by atoms with Gasteiger partial charge in [-0.15, -0.1) is 0 Å².